The lowest BCUT2D eigenvalue weighted by Crippen LogP contribution is -2.16. The Bertz CT molecular complexity index is 1260. The Labute approximate surface area is 195 Å². The Balaban J connectivity index is 1.57. The first-order valence-electron chi connectivity index (χ1n) is 9.80. The first kappa shape index (κ1) is 24.1. The number of hydrogen-bond donors (Lipinski definition) is 1. The molecule has 3 aromatic rings. The van der Waals surface area contributed by atoms with Crippen LogP contribution in [0.4, 0.5) is 9.93 Å². The molecule has 0 unspecified atom stereocenters. The smallest absolute Gasteiger partial charge is 0.430 e. The number of benzene rings is 2. The molecule has 0 radical (unpaired) electrons. The van der Waals surface area contributed by atoms with Crippen molar-refractivity contribution in [1.82, 2.24) is 4.98 Å². The van der Waals surface area contributed by atoms with Gasteiger partial charge in [-0.05, 0) is 30.7 Å². The number of hydrogen-bond acceptors (Lipinski definition) is 8. The van der Waals surface area contributed by atoms with Crippen molar-refractivity contribution >= 4 is 44.4 Å². The third-order valence-electron chi connectivity index (χ3n) is 4.19. The summed E-state index contributed by atoms with van der Waals surface area (Å²) in [6, 6.07) is 14.1. The highest BCUT2D eigenvalue weighted by molar-refractivity contribution is 7.89. The number of amides is 1. The van der Waals surface area contributed by atoms with Crippen LogP contribution in [-0.2, 0) is 20.3 Å². The van der Waals surface area contributed by atoms with Gasteiger partial charge in [0.15, 0.2) is 15.0 Å². The van der Waals surface area contributed by atoms with Gasteiger partial charge in [0.05, 0.1) is 17.0 Å². The maximum atomic E-state index is 12.6. The van der Waals surface area contributed by atoms with Crippen LogP contribution >= 0.6 is 11.3 Å². The SMILES string of the molecule is Cc1ccc(/C=C/COC(=O)Oc2ccccc2C(=O)Nc2nc(CS(C)(=O)=O)cs2)cc1. The van der Waals surface area contributed by atoms with Crippen molar-refractivity contribution in [3.63, 3.8) is 0 Å². The second-order valence-electron chi connectivity index (χ2n) is 7.14. The summed E-state index contributed by atoms with van der Waals surface area (Å²) in [5.41, 5.74) is 2.56. The first-order chi connectivity index (χ1) is 15.7. The molecule has 0 spiro atoms. The molecule has 3 rings (SSSR count). The van der Waals surface area contributed by atoms with Crippen molar-refractivity contribution in [3.05, 3.63) is 82.4 Å². The van der Waals surface area contributed by atoms with Gasteiger partial charge >= 0.3 is 6.16 Å². The van der Waals surface area contributed by atoms with Gasteiger partial charge in [0.25, 0.3) is 5.91 Å². The molecule has 0 bridgehead atoms. The van der Waals surface area contributed by atoms with Crippen LogP contribution in [0.2, 0.25) is 0 Å². The topological polar surface area (TPSA) is 112 Å². The third kappa shape index (κ3) is 7.85. The molecule has 10 heteroatoms. The summed E-state index contributed by atoms with van der Waals surface area (Å²) in [6.45, 7) is 2.00. The number of rotatable bonds is 8. The minimum absolute atomic E-state index is 0.00328. The summed E-state index contributed by atoms with van der Waals surface area (Å²) in [6.07, 6.45) is 3.66. The van der Waals surface area contributed by atoms with Gasteiger partial charge < -0.3 is 9.47 Å². The van der Waals surface area contributed by atoms with E-state index in [-0.39, 0.29) is 28.8 Å². The average molecular weight is 487 g/mol. The molecule has 0 aliphatic heterocycles. The molecule has 0 saturated carbocycles. The Kier molecular flexibility index (Phi) is 7.96. The number of aryl methyl sites for hydroxylation is 1. The number of ether oxygens (including phenoxy) is 2. The van der Waals surface area contributed by atoms with Crippen LogP contribution in [0.15, 0.2) is 60.0 Å². The van der Waals surface area contributed by atoms with Gasteiger partial charge in [0.1, 0.15) is 12.4 Å². The van der Waals surface area contributed by atoms with Crippen molar-refractivity contribution < 1.29 is 27.5 Å². The summed E-state index contributed by atoms with van der Waals surface area (Å²) < 4.78 is 33.0. The maximum Gasteiger partial charge on any atom is 0.514 e. The molecule has 1 aromatic heterocycles. The molecule has 2 aromatic carbocycles. The van der Waals surface area contributed by atoms with E-state index in [1.54, 1.807) is 23.6 Å². The molecule has 0 fully saturated rings. The van der Waals surface area contributed by atoms with Crippen LogP contribution in [0.5, 0.6) is 5.75 Å². The molecule has 1 amide bonds. The number of sulfone groups is 1. The zero-order valence-corrected chi connectivity index (χ0v) is 19.6. The Morgan fingerprint density at radius 3 is 2.58 bits per heavy atom. The molecule has 1 N–H and O–H groups in total. The Morgan fingerprint density at radius 1 is 1.12 bits per heavy atom. The van der Waals surface area contributed by atoms with Crippen LogP contribution in [0.1, 0.15) is 27.2 Å². The fourth-order valence-corrected chi connectivity index (χ4v) is 4.20. The number of nitrogens with one attached hydrogen (secondary N) is 1. The van der Waals surface area contributed by atoms with Gasteiger partial charge in [-0.25, -0.2) is 18.2 Å². The number of thiazole rings is 1. The van der Waals surface area contributed by atoms with Crippen molar-refractivity contribution in [1.29, 1.82) is 0 Å². The summed E-state index contributed by atoms with van der Waals surface area (Å²) in [5.74, 6) is -0.753. The van der Waals surface area contributed by atoms with Crippen molar-refractivity contribution in [2.24, 2.45) is 0 Å². The minimum Gasteiger partial charge on any atom is -0.430 e. The average Bonchev–Trinajstić information content (AvgIpc) is 3.17. The van der Waals surface area contributed by atoms with Gasteiger partial charge in [-0.15, -0.1) is 11.3 Å². The monoisotopic (exact) mass is 486 g/mol. The van der Waals surface area contributed by atoms with E-state index in [9.17, 15) is 18.0 Å². The van der Waals surface area contributed by atoms with E-state index in [1.165, 1.54) is 12.1 Å². The lowest BCUT2D eigenvalue weighted by atomic mass is 10.1. The molecule has 172 valence electrons. The van der Waals surface area contributed by atoms with Gasteiger partial charge in [-0.1, -0.05) is 48.0 Å². The predicted octanol–water partition coefficient (Wildman–Crippen LogP) is 4.48. The van der Waals surface area contributed by atoms with Crippen LogP contribution in [0.25, 0.3) is 6.08 Å². The van der Waals surface area contributed by atoms with Crippen molar-refractivity contribution in [3.8, 4) is 5.75 Å². The summed E-state index contributed by atoms with van der Waals surface area (Å²) >= 11 is 1.10. The lowest BCUT2D eigenvalue weighted by molar-refractivity contribution is 0.101. The number of nitrogens with zero attached hydrogens (tertiary/aromatic N) is 1. The van der Waals surface area contributed by atoms with Crippen LogP contribution in [-0.4, -0.2) is 38.3 Å². The van der Waals surface area contributed by atoms with E-state index in [0.29, 0.717) is 5.69 Å². The largest absolute Gasteiger partial charge is 0.514 e. The lowest BCUT2D eigenvalue weighted by Gasteiger charge is -2.09. The van der Waals surface area contributed by atoms with E-state index in [1.807, 2.05) is 37.3 Å². The second-order valence-corrected chi connectivity index (χ2v) is 10.1. The highest BCUT2D eigenvalue weighted by Gasteiger charge is 2.17. The highest BCUT2D eigenvalue weighted by atomic mass is 32.2. The molecule has 33 heavy (non-hydrogen) atoms. The predicted molar refractivity (Wildman–Crippen MR) is 127 cm³/mol. The number of carbonyl (C=O) groups excluding carboxylic acids is 2. The van der Waals surface area contributed by atoms with E-state index < -0.39 is 21.9 Å². The fourth-order valence-electron chi connectivity index (χ4n) is 2.70. The third-order valence-corrected chi connectivity index (χ3v) is 5.82. The highest BCUT2D eigenvalue weighted by Crippen LogP contribution is 2.22. The summed E-state index contributed by atoms with van der Waals surface area (Å²) in [5, 5.41) is 4.37. The van der Waals surface area contributed by atoms with E-state index in [4.69, 9.17) is 9.47 Å². The molecular formula is C23H22N2O6S2. The molecule has 0 atom stereocenters. The fraction of sp³-hybridized carbons (Fsp3) is 0.174. The maximum absolute atomic E-state index is 12.6. The van der Waals surface area contributed by atoms with Crippen LogP contribution in [0, 0.1) is 6.92 Å². The Morgan fingerprint density at radius 2 is 1.85 bits per heavy atom. The number of anilines is 1. The summed E-state index contributed by atoms with van der Waals surface area (Å²) in [7, 11) is -3.24. The molecule has 0 saturated heterocycles. The normalized spacial score (nSPS) is 11.3. The second kappa shape index (κ2) is 10.9. The first-order valence-corrected chi connectivity index (χ1v) is 12.7. The van der Waals surface area contributed by atoms with Crippen LogP contribution in [0.3, 0.4) is 0 Å². The molecule has 1 heterocycles. The number of para-hydroxylation sites is 1. The molecule has 0 aliphatic carbocycles. The Hall–Kier alpha value is -3.50. The zero-order valence-electron chi connectivity index (χ0n) is 18.0. The van der Waals surface area contributed by atoms with Gasteiger partial charge in [0, 0.05) is 11.6 Å². The zero-order chi connectivity index (χ0) is 23.8. The van der Waals surface area contributed by atoms with Crippen molar-refractivity contribution in [2.75, 3.05) is 18.2 Å². The van der Waals surface area contributed by atoms with Gasteiger partial charge in [-0.2, -0.15) is 0 Å². The van der Waals surface area contributed by atoms with E-state index in [0.717, 1.165) is 28.7 Å². The molecule has 8 nitrogen and oxygen atoms in total. The van der Waals surface area contributed by atoms with E-state index in [2.05, 4.69) is 10.3 Å². The summed E-state index contributed by atoms with van der Waals surface area (Å²) in [4.78, 5) is 28.8. The molecular weight excluding hydrogens is 464 g/mol. The minimum atomic E-state index is -3.24. The van der Waals surface area contributed by atoms with Gasteiger partial charge in [0.2, 0.25) is 0 Å². The molecule has 0 aliphatic rings. The van der Waals surface area contributed by atoms with Crippen LogP contribution < -0.4 is 10.1 Å². The van der Waals surface area contributed by atoms with E-state index >= 15 is 0 Å². The quantitative estimate of drug-likeness (QED) is 0.369. The standard InChI is InChI=1S/C23H22N2O6S2/c1-16-9-11-17(12-10-16)6-5-13-30-23(27)31-20-8-4-3-7-19(20)21(26)25-22-24-18(14-32-22)15-33(2,28)29/h3-12,14H,13,15H2,1-2H3,(H,24,25,26)/b6-5+. The van der Waals surface area contributed by atoms with Crippen molar-refractivity contribution in [2.45, 2.75) is 12.7 Å². The number of carbonyl (C=O) groups is 2. The van der Waals surface area contributed by atoms with Gasteiger partial charge in [-0.3, -0.25) is 10.1 Å². The number of aromatic nitrogens is 1.